The molecule has 0 radical (unpaired) electrons. The highest BCUT2D eigenvalue weighted by molar-refractivity contribution is 6.05. The largest absolute Gasteiger partial charge is 0.361 e. The Hall–Kier alpha value is -2.89. The second-order valence-electron chi connectivity index (χ2n) is 6.42. The summed E-state index contributed by atoms with van der Waals surface area (Å²) in [4.78, 5) is 16.9. The number of nitrogens with zero attached hydrogens (tertiary/aromatic N) is 3. The van der Waals surface area contributed by atoms with Crippen molar-refractivity contribution in [2.24, 2.45) is 0 Å². The van der Waals surface area contributed by atoms with Gasteiger partial charge in [0.15, 0.2) is 0 Å². The van der Waals surface area contributed by atoms with Crippen LogP contribution in [-0.2, 0) is 6.54 Å². The average Bonchev–Trinajstić information content (AvgIpc) is 3.14. The van der Waals surface area contributed by atoms with Crippen molar-refractivity contribution < 1.29 is 9.32 Å². The van der Waals surface area contributed by atoms with Crippen LogP contribution in [0, 0.1) is 13.8 Å². The molecule has 3 aromatic rings. The number of anilines is 1. The van der Waals surface area contributed by atoms with Crippen molar-refractivity contribution in [3.8, 4) is 0 Å². The predicted octanol–water partition coefficient (Wildman–Crippen LogP) is 3.91. The minimum atomic E-state index is -0.209. The second kappa shape index (κ2) is 6.93. The van der Waals surface area contributed by atoms with E-state index in [2.05, 4.69) is 33.9 Å². The van der Waals surface area contributed by atoms with E-state index in [1.807, 2.05) is 36.7 Å². The molecule has 2 aromatic heterocycles. The van der Waals surface area contributed by atoms with Gasteiger partial charge in [-0.25, -0.2) is 4.98 Å². The lowest BCUT2D eigenvalue weighted by Gasteiger charge is -2.12. The van der Waals surface area contributed by atoms with Crippen molar-refractivity contribution >= 4 is 11.6 Å². The van der Waals surface area contributed by atoms with Crippen LogP contribution in [0.4, 0.5) is 5.69 Å². The van der Waals surface area contributed by atoms with Gasteiger partial charge < -0.3 is 14.4 Å². The number of aryl methyl sites for hydroxylation is 2. The number of hydrogen-bond donors (Lipinski definition) is 1. The summed E-state index contributed by atoms with van der Waals surface area (Å²) in [5, 5.41) is 6.75. The molecule has 0 saturated heterocycles. The SMILES string of the molecule is Cc1noc(C)c1C(=O)Nc1cccc(Cn2ccnc2C(C)C)c1. The van der Waals surface area contributed by atoms with Gasteiger partial charge in [-0.05, 0) is 31.5 Å². The monoisotopic (exact) mass is 338 g/mol. The summed E-state index contributed by atoms with van der Waals surface area (Å²) < 4.78 is 7.19. The summed E-state index contributed by atoms with van der Waals surface area (Å²) >= 11 is 0. The third kappa shape index (κ3) is 3.63. The molecule has 0 bridgehead atoms. The maximum Gasteiger partial charge on any atom is 0.261 e. The van der Waals surface area contributed by atoms with Crippen LogP contribution in [0.3, 0.4) is 0 Å². The van der Waals surface area contributed by atoms with Crippen LogP contribution in [0.1, 0.15) is 53.0 Å². The van der Waals surface area contributed by atoms with E-state index in [0.717, 1.165) is 17.1 Å². The fraction of sp³-hybridized carbons (Fsp3) is 0.316. The van der Waals surface area contributed by atoms with Gasteiger partial charge in [0.05, 0.1) is 5.69 Å². The number of rotatable bonds is 5. The van der Waals surface area contributed by atoms with Gasteiger partial charge in [0.25, 0.3) is 5.91 Å². The standard InChI is InChI=1S/C19H22N4O2/c1-12(2)18-20-8-9-23(18)11-15-6-5-7-16(10-15)21-19(24)17-13(3)22-25-14(17)4/h5-10,12H,11H2,1-4H3,(H,21,24). The summed E-state index contributed by atoms with van der Waals surface area (Å²) in [6, 6.07) is 7.82. The molecule has 0 saturated carbocycles. The molecule has 1 amide bonds. The second-order valence-corrected chi connectivity index (χ2v) is 6.42. The van der Waals surface area contributed by atoms with Crippen LogP contribution in [0.25, 0.3) is 0 Å². The first-order valence-corrected chi connectivity index (χ1v) is 8.30. The molecule has 6 nitrogen and oxygen atoms in total. The minimum Gasteiger partial charge on any atom is -0.361 e. The molecule has 0 spiro atoms. The zero-order valence-corrected chi connectivity index (χ0v) is 14.9. The lowest BCUT2D eigenvalue weighted by molar-refractivity contribution is 0.102. The molecule has 3 rings (SSSR count). The normalized spacial score (nSPS) is 11.1. The Morgan fingerprint density at radius 1 is 1.32 bits per heavy atom. The molecule has 0 unspecified atom stereocenters. The molecule has 0 aliphatic heterocycles. The fourth-order valence-electron chi connectivity index (χ4n) is 2.90. The smallest absolute Gasteiger partial charge is 0.261 e. The van der Waals surface area contributed by atoms with Crippen molar-refractivity contribution in [2.45, 2.75) is 40.2 Å². The lowest BCUT2D eigenvalue weighted by atomic mass is 10.1. The number of aromatic nitrogens is 3. The van der Waals surface area contributed by atoms with E-state index in [1.54, 1.807) is 13.8 Å². The average molecular weight is 338 g/mol. The van der Waals surface area contributed by atoms with E-state index >= 15 is 0 Å². The molecule has 130 valence electrons. The minimum absolute atomic E-state index is 0.209. The quantitative estimate of drug-likeness (QED) is 0.765. The summed E-state index contributed by atoms with van der Waals surface area (Å²) in [6.07, 6.45) is 3.79. The molecule has 0 aliphatic rings. The maximum absolute atomic E-state index is 12.5. The Labute approximate surface area is 146 Å². The fourth-order valence-corrected chi connectivity index (χ4v) is 2.90. The van der Waals surface area contributed by atoms with Crippen molar-refractivity contribution in [3.05, 3.63) is 65.1 Å². The maximum atomic E-state index is 12.5. The topological polar surface area (TPSA) is 73.0 Å². The first kappa shape index (κ1) is 17.0. The Kier molecular flexibility index (Phi) is 4.70. The number of amides is 1. The summed E-state index contributed by atoms with van der Waals surface area (Å²) in [6.45, 7) is 8.45. The Bertz CT molecular complexity index is 873. The molecule has 1 aromatic carbocycles. The highest BCUT2D eigenvalue weighted by Gasteiger charge is 2.17. The van der Waals surface area contributed by atoms with E-state index < -0.39 is 0 Å². The Morgan fingerprint density at radius 2 is 2.12 bits per heavy atom. The van der Waals surface area contributed by atoms with Crippen LogP contribution in [-0.4, -0.2) is 20.6 Å². The van der Waals surface area contributed by atoms with Crippen LogP contribution < -0.4 is 5.32 Å². The van der Waals surface area contributed by atoms with Gasteiger partial charge in [0.2, 0.25) is 0 Å². The third-order valence-electron chi connectivity index (χ3n) is 4.06. The summed E-state index contributed by atoms with van der Waals surface area (Å²) in [7, 11) is 0. The van der Waals surface area contributed by atoms with Crippen LogP contribution >= 0.6 is 0 Å². The van der Waals surface area contributed by atoms with Crippen LogP contribution in [0.15, 0.2) is 41.2 Å². The molecular weight excluding hydrogens is 316 g/mol. The lowest BCUT2D eigenvalue weighted by Crippen LogP contribution is -2.14. The molecule has 2 heterocycles. The van der Waals surface area contributed by atoms with Crippen molar-refractivity contribution in [1.82, 2.24) is 14.7 Å². The summed E-state index contributed by atoms with van der Waals surface area (Å²) in [5.41, 5.74) is 2.92. The molecule has 1 N–H and O–H groups in total. The number of benzene rings is 1. The number of nitrogens with one attached hydrogen (secondary N) is 1. The van der Waals surface area contributed by atoms with Crippen LogP contribution in [0.2, 0.25) is 0 Å². The predicted molar refractivity (Wildman–Crippen MR) is 95.8 cm³/mol. The first-order chi connectivity index (χ1) is 12.0. The van der Waals surface area contributed by atoms with E-state index in [0.29, 0.717) is 29.5 Å². The van der Waals surface area contributed by atoms with Crippen LogP contribution in [0.5, 0.6) is 0 Å². The van der Waals surface area contributed by atoms with Crippen molar-refractivity contribution in [1.29, 1.82) is 0 Å². The Morgan fingerprint density at radius 3 is 2.80 bits per heavy atom. The number of carbonyl (C=O) groups is 1. The molecule has 0 aliphatic carbocycles. The van der Waals surface area contributed by atoms with Gasteiger partial charge >= 0.3 is 0 Å². The highest BCUT2D eigenvalue weighted by atomic mass is 16.5. The molecule has 25 heavy (non-hydrogen) atoms. The van der Waals surface area contributed by atoms with Gasteiger partial charge in [0.1, 0.15) is 17.1 Å². The Balaban J connectivity index is 1.78. The van der Waals surface area contributed by atoms with E-state index in [4.69, 9.17) is 4.52 Å². The van der Waals surface area contributed by atoms with Crippen molar-refractivity contribution in [3.63, 3.8) is 0 Å². The number of carbonyl (C=O) groups excluding carboxylic acids is 1. The molecule has 6 heteroatoms. The third-order valence-corrected chi connectivity index (χ3v) is 4.06. The molecular formula is C19H22N4O2. The van der Waals surface area contributed by atoms with Gasteiger partial charge in [-0.15, -0.1) is 0 Å². The van der Waals surface area contributed by atoms with Crippen molar-refractivity contribution in [2.75, 3.05) is 5.32 Å². The summed E-state index contributed by atoms with van der Waals surface area (Å²) in [5.74, 6) is 1.72. The number of hydrogen-bond acceptors (Lipinski definition) is 4. The van der Waals surface area contributed by atoms with Gasteiger partial charge in [-0.2, -0.15) is 0 Å². The molecule has 0 fully saturated rings. The van der Waals surface area contributed by atoms with E-state index in [1.165, 1.54) is 0 Å². The number of imidazole rings is 1. The first-order valence-electron chi connectivity index (χ1n) is 8.30. The van der Waals surface area contributed by atoms with Gasteiger partial charge in [-0.3, -0.25) is 4.79 Å². The zero-order valence-electron chi connectivity index (χ0n) is 14.9. The van der Waals surface area contributed by atoms with Gasteiger partial charge in [-0.1, -0.05) is 31.1 Å². The molecule has 0 atom stereocenters. The highest BCUT2D eigenvalue weighted by Crippen LogP contribution is 2.18. The zero-order chi connectivity index (χ0) is 18.0. The van der Waals surface area contributed by atoms with E-state index in [9.17, 15) is 4.79 Å². The van der Waals surface area contributed by atoms with Gasteiger partial charge in [0, 0.05) is 30.5 Å². The van der Waals surface area contributed by atoms with E-state index in [-0.39, 0.29) is 5.91 Å².